The monoisotopic (exact) mass is 377 g/mol. The van der Waals surface area contributed by atoms with Crippen molar-refractivity contribution in [1.82, 2.24) is 4.90 Å². The molecule has 3 nitrogen and oxygen atoms in total. The number of amides is 1. The Balaban J connectivity index is 1.80. The van der Waals surface area contributed by atoms with Gasteiger partial charge in [-0.05, 0) is 43.4 Å². The predicted octanol–water partition coefficient (Wildman–Crippen LogP) is 4.67. The summed E-state index contributed by atoms with van der Waals surface area (Å²) < 4.78 is 28.8. The van der Waals surface area contributed by atoms with Crippen LogP contribution in [0.2, 0.25) is 10.0 Å². The number of rotatable bonds is 3. The van der Waals surface area contributed by atoms with Crippen LogP contribution in [0.4, 0.5) is 8.78 Å². The molecule has 1 aliphatic carbocycles. The molecular weight excluding hydrogens is 359 g/mol. The Kier molecular flexibility index (Phi) is 4.94. The number of aromatic hydroxyl groups is 1. The Labute approximate surface area is 149 Å². The number of hydrogen-bond acceptors (Lipinski definition) is 2. The van der Waals surface area contributed by atoms with Gasteiger partial charge >= 0.3 is 0 Å². The van der Waals surface area contributed by atoms with Crippen molar-refractivity contribution in [2.75, 3.05) is 6.54 Å². The number of phenols is 1. The Morgan fingerprint density at radius 2 is 1.96 bits per heavy atom. The van der Waals surface area contributed by atoms with Gasteiger partial charge < -0.3 is 10.0 Å². The fourth-order valence-electron chi connectivity index (χ4n) is 3.78. The van der Waals surface area contributed by atoms with Crippen molar-refractivity contribution in [2.24, 2.45) is 5.92 Å². The first-order valence-electron chi connectivity index (χ1n) is 8.12. The van der Waals surface area contributed by atoms with Crippen LogP contribution in [0.15, 0.2) is 12.1 Å². The van der Waals surface area contributed by atoms with Gasteiger partial charge in [-0.3, -0.25) is 4.79 Å². The third-order valence-electron chi connectivity index (χ3n) is 5.09. The molecular formula is C17H19Cl2F2NO2. The summed E-state index contributed by atoms with van der Waals surface area (Å²) in [5.74, 6) is -3.78. The van der Waals surface area contributed by atoms with Crippen molar-refractivity contribution in [1.29, 1.82) is 0 Å². The zero-order valence-corrected chi connectivity index (χ0v) is 14.6. The quantitative estimate of drug-likeness (QED) is 0.831. The van der Waals surface area contributed by atoms with Crippen LogP contribution in [0.3, 0.4) is 0 Å². The van der Waals surface area contributed by atoms with E-state index in [-0.39, 0.29) is 47.0 Å². The second-order valence-corrected chi connectivity index (χ2v) is 7.48. The van der Waals surface area contributed by atoms with Crippen LogP contribution in [-0.2, 0) is 11.2 Å². The van der Waals surface area contributed by atoms with E-state index in [9.17, 15) is 18.7 Å². The number of likely N-dealkylation sites (tertiary alicyclic amines) is 1. The first-order chi connectivity index (χ1) is 11.3. The molecule has 0 bridgehead atoms. The van der Waals surface area contributed by atoms with E-state index in [1.165, 1.54) is 12.1 Å². The SMILES string of the molecule is O=C1CCCN1C1CCC(F)(F)[C@@H](Cc2c(Cl)cc(O)cc2Cl)C1. The molecule has 24 heavy (non-hydrogen) atoms. The molecule has 1 aliphatic heterocycles. The number of alkyl halides is 2. The third kappa shape index (κ3) is 3.47. The summed E-state index contributed by atoms with van der Waals surface area (Å²) in [5.41, 5.74) is 0.425. The average Bonchev–Trinajstić information content (AvgIpc) is 2.90. The van der Waals surface area contributed by atoms with Gasteiger partial charge in [-0.15, -0.1) is 0 Å². The topological polar surface area (TPSA) is 40.5 Å². The molecule has 3 rings (SSSR count). The lowest BCUT2D eigenvalue weighted by atomic mass is 9.78. The first kappa shape index (κ1) is 17.7. The van der Waals surface area contributed by atoms with E-state index in [4.69, 9.17) is 23.2 Å². The number of phenolic OH excluding ortho intramolecular Hbond substituents is 1. The third-order valence-corrected chi connectivity index (χ3v) is 5.77. The van der Waals surface area contributed by atoms with Gasteiger partial charge in [-0.1, -0.05) is 23.2 Å². The minimum Gasteiger partial charge on any atom is -0.508 e. The van der Waals surface area contributed by atoms with E-state index >= 15 is 0 Å². The maximum Gasteiger partial charge on any atom is 0.251 e. The normalized spacial score (nSPS) is 26.8. The molecule has 1 unspecified atom stereocenters. The molecule has 1 saturated heterocycles. The van der Waals surface area contributed by atoms with Gasteiger partial charge in [0.05, 0.1) is 0 Å². The summed E-state index contributed by atoms with van der Waals surface area (Å²) in [6.45, 7) is 0.655. The van der Waals surface area contributed by atoms with Gasteiger partial charge in [0.2, 0.25) is 5.91 Å². The van der Waals surface area contributed by atoms with Crippen molar-refractivity contribution in [3.8, 4) is 5.75 Å². The van der Waals surface area contributed by atoms with Crippen LogP contribution < -0.4 is 0 Å². The van der Waals surface area contributed by atoms with E-state index in [1.807, 2.05) is 0 Å². The van der Waals surface area contributed by atoms with Crippen molar-refractivity contribution < 1.29 is 18.7 Å². The van der Waals surface area contributed by atoms with Crippen molar-refractivity contribution in [3.63, 3.8) is 0 Å². The molecule has 0 spiro atoms. The van der Waals surface area contributed by atoms with Crippen molar-refractivity contribution >= 4 is 29.1 Å². The maximum absolute atomic E-state index is 14.4. The second-order valence-electron chi connectivity index (χ2n) is 6.67. The average molecular weight is 378 g/mol. The highest BCUT2D eigenvalue weighted by Gasteiger charge is 2.47. The van der Waals surface area contributed by atoms with E-state index in [1.54, 1.807) is 4.90 Å². The Hall–Kier alpha value is -1.07. The highest BCUT2D eigenvalue weighted by molar-refractivity contribution is 6.36. The highest BCUT2D eigenvalue weighted by atomic mass is 35.5. The number of benzene rings is 1. The molecule has 1 saturated carbocycles. The molecule has 2 aliphatic rings. The zero-order valence-electron chi connectivity index (χ0n) is 13.1. The molecule has 1 aromatic rings. The van der Waals surface area contributed by atoms with E-state index in [0.717, 1.165) is 6.42 Å². The largest absolute Gasteiger partial charge is 0.508 e. The second kappa shape index (κ2) is 6.68. The highest BCUT2D eigenvalue weighted by Crippen LogP contribution is 2.44. The van der Waals surface area contributed by atoms with Gasteiger partial charge in [0, 0.05) is 41.4 Å². The molecule has 1 aromatic carbocycles. The van der Waals surface area contributed by atoms with E-state index in [0.29, 0.717) is 24.9 Å². The number of hydrogen-bond donors (Lipinski definition) is 1. The summed E-state index contributed by atoms with van der Waals surface area (Å²) in [6, 6.07) is 2.48. The smallest absolute Gasteiger partial charge is 0.251 e. The Morgan fingerprint density at radius 3 is 2.54 bits per heavy atom. The summed E-state index contributed by atoms with van der Waals surface area (Å²) >= 11 is 12.2. The van der Waals surface area contributed by atoms with Gasteiger partial charge in [0.25, 0.3) is 5.92 Å². The van der Waals surface area contributed by atoms with Crippen LogP contribution in [0.1, 0.15) is 37.7 Å². The molecule has 0 radical (unpaired) electrons. The molecule has 0 aromatic heterocycles. The Morgan fingerprint density at radius 1 is 1.29 bits per heavy atom. The van der Waals surface area contributed by atoms with E-state index < -0.39 is 11.8 Å². The van der Waals surface area contributed by atoms with Gasteiger partial charge in [0.1, 0.15) is 5.75 Å². The number of halogens is 4. The standard InChI is InChI=1S/C17H19Cl2F2NO2/c18-14-8-12(23)9-15(19)13(14)7-10-6-11(3-4-17(10,20)21)22-5-1-2-16(22)24/h8-11,23H,1-7H2/t10-,11?/m1/s1. The number of nitrogens with zero attached hydrogens (tertiary/aromatic N) is 1. The predicted molar refractivity (Wildman–Crippen MR) is 88.9 cm³/mol. The summed E-state index contributed by atoms with van der Waals surface area (Å²) in [5, 5.41) is 9.86. The van der Waals surface area contributed by atoms with Gasteiger partial charge in [-0.2, -0.15) is 0 Å². The van der Waals surface area contributed by atoms with Crippen LogP contribution in [0.5, 0.6) is 5.75 Å². The van der Waals surface area contributed by atoms with Crippen molar-refractivity contribution in [2.45, 2.75) is 50.5 Å². The van der Waals surface area contributed by atoms with Crippen LogP contribution in [0.25, 0.3) is 0 Å². The fourth-order valence-corrected chi connectivity index (χ4v) is 4.41. The van der Waals surface area contributed by atoms with Gasteiger partial charge in [-0.25, -0.2) is 8.78 Å². The molecule has 1 heterocycles. The zero-order chi connectivity index (χ0) is 17.5. The van der Waals surface area contributed by atoms with Crippen molar-refractivity contribution in [3.05, 3.63) is 27.7 Å². The lowest BCUT2D eigenvalue weighted by Crippen LogP contribution is -2.46. The summed E-state index contributed by atoms with van der Waals surface area (Å²) in [4.78, 5) is 13.7. The van der Waals surface area contributed by atoms with Crippen LogP contribution in [0, 0.1) is 5.92 Å². The number of carbonyl (C=O) groups excluding carboxylic acids is 1. The molecule has 132 valence electrons. The first-order valence-corrected chi connectivity index (χ1v) is 8.87. The Bertz CT molecular complexity index is 630. The summed E-state index contributed by atoms with van der Waals surface area (Å²) in [7, 11) is 0. The van der Waals surface area contributed by atoms with Gasteiger partial charge in [0.15, 0.2) is 0 Å². The molecule has 7 heteroatoms. The van der Waals surface area contributed by atoms with Crippen LogP contribution >= 0.6 is 23.2 Å². The lowest BCUT2D eigenvalue weighted by Gasteiger charge is -2.40. The fraction of sp³-hybridized carbons (Fsp3) is 0.588. The maximum atomic E-state index is 14.4. The molecule has 2 fully saturated rings. The summed E-state index contributed by atoms with van der Waals surface area (Å²) in [6.07, 6.45) is 1.67. The van der Waals surface area contributed by atoms with Crippen LogP contribution in [-0.4, -0.2) is 34.4 Å². The minimum atomic E-state index is -2.82. The molecule has 2 atom stereocenters. The van der Waals surface area contributed by atoms with E-state index in [2.05, 4.69) is 0 Å². The molecule has 1 N–H and O–H groups in total. The minimum absolute atomic E-state index is 0.0312. The number of carbonyl (C=O) groups is 1. The molecule has 1 amide bonds. The lowest BCUT2D eigenvalue weighted by molar-refractivity contribution is -0.136.